The molecule has 3 nitrogen and oxygen atoms in total. The summed E-state index contributed by atoms with van der Waals surface area (Å²) in [6.45, 7) is 0.542. The van der Waals surface area contributed by atoms with E-state index < -0.39 is 0 Å². The monoisotopic (exact) mass is 125 g/mol. The molecule has 0 bridgehead atoms. The Kier molecular flexibility index (Phi) is 1.75. The Morgan fingerprint density at radius 1 is 1.78 bits per heavy atom. The van der Waals surface area contributed by atoms with Crippen LogP contribution in [0.2, 0.25) is 0 Å². The molecule has 0 aliphatic rings. The van der Waals surface area contributed by atoms with Gasteiger partial charge >= 0.3 is 0 Å². The van der Waals surface area contributed by atoms with Crippen LogP contribution >= 0.6 is 0 Å². The van der Waals surface area contributed by atoms with E-state index >= 15 is 0 Å². The van der Waals surface area contributed by atoms with Crippen molar-refractivity contribution >= 4 is 5.82 Å². The molecule has 0 aromatic carbocycles. The molecule has 0 saturated heterocycles. The third-order valence-corrected chi connectivity index (χ3v) is 1.27. The lowest BCUT2D eigenvalue weighted by Gasteiger charge is -2.12. The third kappa shape index (κ3) is 1.23. The van der Waals surface area contributed by atoms with Gasteiger partial charge in [-0.1, -0.05) is 0 Å². The van der Waals surface area contributed by atoms with Gasteiger partial charge in [-0.15, -0.1) is 0 Å². The highest BCUT2D eigenvalue weighted by Gasteiger charge is 1.94. The Labute approximate surface area is 54.5 Å². The van der Waals surface area contributed by atoms with E-state index in [4.69, 9.17) is 5.73 Å². The maximum absolute atomic E-state index is 5.37. The molecule has 0 spiro atoms. The highest BCUT2D eigenvalue weighted by molar-refractivity contribution is 5.36. The summed E-state index contributed by atoms with van der Waals surface area (Å²) in [6.07, 6.45) is 1.88. The van der Waals surface area contributed by atoms with Gasteiger partial charge in [0.25, 0.3) is 0 Å². The lowest BCUT2D eigenvalue weighted by Crippen LogP contribution is -2.25. The molecule has 0 aliphatic heterocycles. The Morgan fingerprint density at radius 2 is 2.56 bits per heavy atom. The molecule has 3 N–H and O–H groups in total. The smallest absolute Gasteiger partial charge is 0.106 e. The maximum atomic E-state index is 5.37. The van der Waals surface area contributed by atoms with Gasteiger partial charge in [0.15, 0.2) is 0 Å². The van der Waals surface area contributed by atoms with E-state index in [0.717, 1.165) is 5.82 Å². The predicted octanol–water partition coefficient (Wildman–Crippen LogP) is 0.367. The summed E-state index contributed by atoms with van der Waals surface area (Å²) >= 11 is 0. The van der Waals surface area contributed by atoms with Gasteiger partial charge in [-0.3, -0.25) is 0 Å². The standard InChI is InChI=1S/C6H11N3/c1-9(5-7)6-3-2-4-8-6/h2-4,8H,5,7H2,1H3. The Bertz CT molecular complexity index is 157. The van der Waals surface area contributed by atoms with Crippen molar-refractivity contribution in [3.05, 3.63) is 18.3 Å². The SMILES string of the molecule is CN(CN)c1ccc[nH]1. The van der Waals surface area contributed by atoms with E-state index in [2.05, 4.69) is 4.98 Å². The largest absolute Gasteiger partial charge is 0.349 e. The zero-order valence-corrected chi connectivity index (χ0v) is 5.46. The summed E-state index contributed by atoms with van der Waals surface area (Å²) in [5, 5.41) is 0. The summed E-state index contributed by atoms with van der Waals surface area (Å²) in [5.74, 6) is 1.05. The zero-order valence-electron chi connectivity index (χ0n) is 5.46. The van der Waals surface area contributed by atoms with E-state index in [1.807, 2.05) is 30.3 Å². The number of H-pyrrole nitrogens is 1. The molecule has 0 saturated carbocycles. The number of anilines is 1. The molecule has 0 amide bonds. The highest BCUT2D eigenvalue weighted by atomic mass is 15.2. The van der Waals surface area contributed by atoms with E-state index in [1.54, 1.807) is 0 Å². The molecule has 1 aromatic rings. The number of hydrogen-bond donors (Lipinski definition) is 2. The molecule has 1 rings (SSSR count). The van der Waals surface area contributed by atoms with E-state index in [-0.39, 0.29) is 0 Å². The molecule has 0 radical (unpaired) electrons. The van der Waals surface area contributed by atoms with Crippen molar-refractivity contribution < 1.29 is 0 Å². The van der Waals surface area contributed by atoms with Gasteiger partial charge in [0.1, 0.15) is 5.82 Å². The van der Waals surface area contributed by atoms with Crippen LogP contribution in [0.15, 0.2) is 18.3 Å². The van der Waals surface area contributed by atoms with Crippen LogP contribution in [0, 0.1) is 0 Å². The molecule has 0 aliphatic carbocycles. The van der Waals surface area contributed by atoms with Gasteiger partial charge in [-0.2, -0.15) is 0 Å². The van der Waals surface area contributed by atoms with E-state index in [0.29, 0.717) is 6.67 Å². The second-order valence-corrected chi connectivity index (χ2v) is 1.94. The molecule has 3 heteroatoms. The van der Waals surface area contributed by atoms with Gasteiger partial charge in [-0.25, -0.2) is 0 Å². The normalized spacial score (nSPS) is 9.56. The molecule has 0 unspecified atom stereocenters. The van der Waals surface area contributed by atoms with Crippen molar-refractivity contribution in [1.82, 2.24) is 4.98 Å². The van der Waals surface area contributed by atoms with Crippen LogP contribution in [0.25, 0.3) is 0 Å². The summed E-state index contributed by atoms with van der Waals surface area (Å²) < 4.78 is 0. The number of aromatic nitrogens is 1. The topological polar surface area (TPSA) is 45.0 Å². The van der Waals surface area contributed by atoms with Gasteiger partial charge in [-0.05, 0) is 12.1 Å². The van der Waals surface area contributed by atoms with Crippen LogP contribution in [0.3, 0.4) is 0 Å². The van der Waals surface area contributed by atoms with Crippen LogP contribution in [0.1, 0.15) is 0 Å². The lowest BCUT2D eigenvalue weighted by molar-refractivity contribution is 0.915. The number of rotatable bonds is 2. The first-order chi connectivity index (χ1) is 4.34. The minimum atomic E-state index is 0.542. The number of aromatic amines is 1. The highest BCUT2D eigenvalue weighted by Crippen LogP contribution is 2.04. The fourth-order valence-corrected chi connectivity index (χ4v) is 0.657. The number of nitrogens with zero attached hydrogens (tertiary/aromatic N) is 1. The third-order valence-electron chi connectivity index (χ3n) is 1.27. The number of nitrogens with one attached hydrogen (secondary N) is 1. The van der Waals surface area contributed by atoms with Crippen molar-refractivity contribution in [2.24, 2.45) is 5.73 Å². The molecular weight excluding hydrogens is 114 g/mol. The van der Waals surface area contributed by atoms with Crippen LogP contribution in [0.4, 0.5) is 5.82 Å². The van der Waals surface area contributed by atoms with Gasteiger partial charge in [0, 0.05) is 13.2 Å². The Balaban J connectivity index is 2.65. The van der Waals surface area contributed by atoms with Crippen LogP contribution < -0.4 is 10.6 Å². The second kappa shape index (κ2) is 2.55. The number of nitrogens with two attached hydrogens (primary N) is 1. The fourth-order valence-electron chi connectivity index (χ4n) is 0.657. The van der Waals surface area contributed by atoms with Crippen molar-refractivity contribution in [2.75, 3.05) is 18.6 Å². The first-order valence-electron chi connectivity index (χ1n) is 2.89. The summed E-state index contributed by atoms with van der Waals surface area (Å²) in [5.41, 5.74) is 5.37. The maximum Gasteiger partial charge on any atom is 0.106 e. The minimum absolute atomic E-state index is 0.542. The summed E-state index contributed by atoms with van der Waals surface area (Å²) in [7, 11) is 1.94. The zero-order chi connectivity index (χ0) is 6.69. The van der Waals surface area contributed by atoms with E-state index in [9.17, 15) is 0 Å². The molecule has 0 fully saturated rings. The molecule has 50 valence electrons. The Morgan fingerprint density at radius 3 is 3.00 bits per heavy atom. The molecule has 1 heterocycles. The average molecular weight is 125 g/mol. The van der Waals surface area contributed by atoms with Crippen molar-refractivity contribution in [3.63, 3.8) is 0 Å². The number of hydrogen-bond acceptors (Lipinski definition) is 2. The quantitative estimate of drug-likeness (QED) is 0.561. The van der Waals surface area contributed by atoms with Gasteiger partial charge in [0.2, 0.25) is 0 Å². The fraction of sp³-hybridized carbons (Fsp3) is 0.333. The first kappa shape index (κ1) is 6.16. The lowest BCUT2D eigenvalue weighted by atomic mass is 10.6. The van der Waals surface area contributed by atoms with Gasteiger partial charge in [0.05, 0.1) is 6.67 Å². The molecule has 1 aromatic heterocycles. The van der Waals surface area contributed by atoms with Crippen molar-refractivity contribution in [1.29, 1.82) is 0 Å². The predicted molar refractivity (Wildman–Crippen MR) is 38.3 cm³/mol. The molecule has 9 heavy (non-hydrogen) atoms. The Hall–Kier alpha value is -0.960. The first-order valence-corrected chi connectivity index (χ1v) is 2.89. The van der Waals surface area contributed by atoms with Crippen molar-refractivity contribution in [3.8, 4) is 0 Å². The average Bonchev–Trinajstić information content (AvgIpc) is 2.37. The molecular formula is C6H11N3. The second-order valence-electron chi connectivity index (χ2n) is 1.94. The van der Waals surface area contributed by atoms with Gasteiger partial charge < -0.3 is 15.6 Å². The molecule has 0 atom stereocenters. The summed E-state index contributed by atoms with van der Waals surface area (Å²) in [4.78, 5) is 4.96. The van der Waals surface area contributed by atoms with Crippen LogP contribution in [0.5, 0.6) is 0 Å². The van der Waals surface area contributed by atoms with Crippen LogP contribution in [-0.2, 0) is 0 Å². The van der Waals surface area contributed by atoms with Crippen LogP contribution in [-0.4, -0.2) is 18.7 Å². The summed E-state index contributed by atoms with van der Waals surface area (Å²) in [6, 6.07) is 3.92. The van der Waals surface area contributed by atoms with Crippen molar-refractivity contribution in [2.45, 2.75) is 0 Å². The van der Waals surface area contributed by atoms with E-state index in [1.165, 1.54) is 0 Å². The minimum Gasteiger partial charge on any atom is -0.349 e.